The van der Waals surface area contributed by atoms with Crippen molar-refractivity contribution >= 4 is 22.3 Å². The topological polar surface area (TPSA) is 170 Å². The zero-order valence-corrected chi connectivity index (χ0v) is 22.8. The molecular formula is C26H43NO9S. The van der Waals surface area contributed by atoms with E-state index in [0.717, 1.165) is 19.3 Å². The van der Waals surface area contributed by atoms with Gasteiger partial charge in [0.2, 0.25) is 5.91 Å². The lowest BCUT2D eigenvalue weighted by Gasteiger charge is -2.63. The molecular weight excluding hydrogens is 502 g/mol. The fraction of sp³-hybridized carbons (Fsp3) is 0.923. The summed E-state index contributed by atoms with van der Waals surface area (Å²) in [4.78, 5) is 22.9. The molecule has 4 fully saturated rings. The molecule has 0 aromatic carbocycles. The van der Waals surface area contributed by atoms with Crippen LogP contribution in [0.4, 0.5) is 0 Å². The molecule has 11 heteroatoms. The molecule has 0 aromatic rings. The Hall–Kier alpha value is -1.27. The molecule has 0 spiro atoms. The van der Waals surface area contributed by atoms with Crippen LogP contribution < -0.4 is 5.32 Å². The Morgan fingerprint density at radius 1 is 1.08 bits per heavy atom. The van der Waals surface area contributed by atoms with Crippen molar-refractivity contribution in [2.45, 2.75) is 96.9 Å². The quantitative estimate of drug-likeness (QED) is 0.287. The van der Waals surface area contributed by atoms with Crippen molar-refractivity contribution in [3.05, 3.63) is 0 Å². The van der Waals surface area contributed by atoms with Gasteiger partial charge in [-0.3, -0.25) is 14.1 Å². The summed E-state index contributed by atoms with van der Waals surface area (Å²) < 4.78 is 39.3. The van der Waals surface area contributed by atoms with Crippen molar-refractivity contribution in [3.63, 3.8) is 0 Å². The zero-order chi connectivity index (χ0) is 27.3. The Bertz CT molecular complexity index is 989. The number of fused-ring (bicyclic) bond motifs is 5. The third-order valence-corrected chi connectivity index (χ3v) is 11.5. The summed E-state index contributed by atoms with van der Waals surface area (Å²) in [6.07, 6.45) is 3.69. The lowest BCUT2D eigenvalue weighted by molar-refractivity contribution is -0.202. The van der Waals surface area contributed by atoms with Gasteiger partial charge >= 0.3 is 16.4 Å². The average Bonchev–Trinajstić information content (AvgIpc) is 3.15. The highest BCUT2D eigenvalue weighted by atomic mass is 32.3. The van der Waals surface area contributed by atoms with Gasteiger partial charge in [-0.05, 0) is 92.3 Å². The summed E-state index contributed by atoms with van der Waals surface area (Å²) >= 11 is 0. The number of carbonyl (C=O) groups excluding carboxylic acids is 1. The monoisotopic (exact) mass is 545 g/mol. The van der Waals surface area contributed by atoms with E-state index in [4.69, 9.17) is 9.29 Å². The number of aliphatic hydroxyl groups excluding tert-OH is 2. The van der Waals surface area contributed by atoms with E-state index < -0.39 is 40.5 Å². The van der Waals surface area contributed by atoms with Crippen LogP contribution in [0.25, 0.3) is 0 Å². The molecule has 4 aliphatic carbocycles. The Morgan fingerprint density at radius 2 is 1.78 bits per heavy atom. The van der Waals surface area contributed by atoms with Gasteiger partial charge in [0, 0.05) is 11.8 Å². The van der Waals surface area contributed by atoms with Crippen LogP contribution in [-0.4, -0.2) is 65.0 Å². The van der Waals surface area contributed by atoms with Crippen LogP contribution in [0.15, 0.2) is 0 Å². The second-order valence-corrected chi connectivity index (χ2v) is 13.8. The first kappa shape index (κ1) is 28.7. The maximum Gasteiger partial charge on any atom is 0.397 e. The van der Waals surface area contributed by atoms with Crippen molar-refractivity contribution in [2.24, 2.45) is 46.3 Å². The number of hydrogen-bond donors (Lipinski definition) is 5. The molecule has 212 valence electrons. The first-order chi connectivity index (χ1) is 17.2. The van der Waals surface area contributed by atoms with Gasteiger partial charge in [-0.1, -0.05) is 20.8 Å². The molecule has 5 N–H and O–H groups in total. The van der Waals surface area contributed by atoms with E-state index in [-0.39, 0.29) is 59.4 Å². The molecule has 0 bridgehead atoms. The van der Waals surface area contributed by atoms with E-state index in [1.54, 1.807) is 0 Å². The molecule has 37 heavy (non-hydrogen) atoms. The van der Waals surface area contributed by atoms with Crippen LogP contribution in [-0.2, 0) is 24.2 Å². The lowest BCUT2D eigenvalue weighted by Crippen LogP contribution is -2.63. The summed E-state index contributed by atoms with van der Waals surface area (Å²) in [6.45, 7) is 5.83. The largest absolute Gasteiger partial charge is 0.480 e. The second-order valence-electron chi connectivity index (χ2n) is 12.7. The van der Waals surface area contributed by atoms with Gasteiger partial charge in [0.25, 0.3) is 0 Å². The smallest absolute Gasteiger partial charge is 0.397 e. The van der Waals surface area contributed by atoms with E-state index >= 15 is 0 Å². The van der Waals surface area contributed by atoms with Crippen molar-refractivity contribution in [1.82, 2.24) is 5.32 Å². The Balaban J connectivity index is 1.61. The van der Waals surface area contributed by atoms with Crippen molar-refractivity contribution in [1.29, 1.82) is 0 Å². The first-order valence-electron chi connectivity index (χ1n) is 13.7. The number of carbonyl (C=O) groups is 2. The maximum atomic E-state index is 12.1. The van der Waals surface area contributed by atoms with Crippen LogP contribution in [0, 0.1) is 46.3 Å². The third-order valence-electron chi connectivity index (χ3n) is 11.0. The van der Waals surface area contributed by atoms with Crippen LogP contribution in [0.2, 0.25) is 0 Å². The van der Waals surface area contributed by atoms with Crippen LogP contribution in [0.1, 0.15) is 78.6 Å². The molecule has 4 rings (SSSR count). The number of amides is 1. The Kier molecular flexibility index (Phi) is 8.05. The summed E-state index contributed by atoms with van der Waals surface area (Å²) in [5, 5.41) is 32.9. The van der Waals surface area contributed by atoms with E-state index in [9.17, 15) is 32.8 Å². The number of rotatable bonds is 8. The number of hydrogen-bond acceptors (Lipinski definition) is 7. The fourth-order valence-corrected chi connectivity index (χ4v) is 9.80. The van der Waals surface area contributed by atoms with Gasteiger partial charge in [0.1, 0.15) is 6.54 Å². The molecule has 0 radical (unpaired) electrons. The van der Waals surface area contributed by atoms with Crippen LogP contribution >= 0.6 is 0 Å². The highest BCUT2D eigenvalue weighted by molar-refractivity contribution is 7.80. The molecule has 1 amide bonds. The summed E-state index contributed by atoms with van der Waals surface area (Å²) in [6, 6.07) is 0. The van der Waals surface area contributed by atoms with Gasteiger partial charge in [-0.15, -0.1) is 0 Å². The number of carboxylic acids is 1. The summed E-state index contributed by atoms with van der Waals surface area (Å²) in [5.74, 6) is -1.32. The number of aliphatic carboxylic acids is 1. The molecule has 10 nitrogen and oxygen atoms in total. The number of aliphatic hydroxyl groups is 2. The van der Waals surface area contributed by atoms with Crippen molar-refractivity contribution < 1.29 is 42.1 Å². The standard InChI is InChI=1S/C26H43NO9S/c1-14(4-7-22(30)27-13-23(31)32)17-5-6-18-24-19(12-21(26(17,18)3)36-37(33,34)35)25(2)9-8-16(28)10-15(25)11-20(24)29/h14-21,24,28-29H,4-13H2,1-3H3,(H,27,30)(H,31,32)(H,33,34,35)/t14-,15+,16-,17-,18?,19?,20-,21+,24?,25+,26-/m1/s1. The van der Waals surface area contributed by atoms with Gasteiger partial charge in [-0.25, -0.2) is 4.18 Å². The lowest BCUT2D eigenvalue weighted by atomic mass is 9.43. The van der Waals surface area contributed by atoms with E-state index in [0.29, 0.717) is 32.1 Å². The van der Waals surface area contributed by atoms with Crippen molar-refractivity contribution in [2.75, 3.05) is 6.54 Å². The Morgan fingerprint density at radius 3 is 2.43 bits per heavy atom. The van der Waals surface area contributed by atoms with E-state index in [1.807, 2.05) is 13.8 Å². The molecule has 4 aliphatic rings. The minimum absolute atomic E-state index is 0.00313. The Labute approximate surface area is 219 Å². The van der Waals surface area contributed by atoms with E-state index in [2.05, 4.69) is 12.2 Å². The highest BCUT2D eigenvalue weighted by Gasteiger charge is 2.66. The van der Waals surface area contributed by atoms with Crippen molar-refractivity contribution in [3.8, 4) is 0 Å². The zero-order valence-electron chi connectivity index (χ0n) is 22.0. The van der Waals surface area contributed by atoms with Gasteiger partial charge in [-0.2, -0.15) is 8.42 Å². The normalized spacial score (nSPS) is 44.3. The first-order valence-corrected chi connectivity index (χ1v) is 15.0. The van der Waals surface area contributed by atoms with Crippen LogP contribution in [0.3, 0.4) is 0 Å². The molecule has 11 atom stereocenters. The highest BCUT2D eigenvalue weighted by Crippen LogP contribution is 2.69. The molecule has 0 aromatic heterocycles. The third kappa shape index (κ3) is 5.44. The molecule has 0 saturated heterocycles. The second kappa shape index (κ2) is 10.4. The summed E-state index contributed by atoms with van der Waals surface area (Å²) in [5.41, 5.74) is -0.788. The number of carboxylic acid groups (broad SMARTS) is 1. The molecule has 4 saturated carbocycles. The van der Waals surface area contributed by atoms with Gasteiger partial charge < -0.3 is 20.6 Å². The fourth-order valence-electron chi connectivity index (χ4n) is 9.22. The minimum Gasteiger partial charge on any atom is -0.480 e. The average molecular weight is 546 g/mol. The van der Waals surface area contributed by atoms with E-state index in [1.165, 1.54) is 0 Å². The summed E-state index contributed by atoms with van der Waals surface area (Å²) in [7, 11) is -4.72. The predicted molar refractivity (Wildman–Crippen MR) is 133 cm³/mol. The predicted octanol–water partition coefficient (Wildman–Crippen LogP) is 2.39. The molecule has 0 aliphatic heterocycles. The molecule has 0 heterocycles. The molecule has 3 unspecified atom stereocenters. The van der Waals surface area contributed by atoms with Gasteiger partial charge in [0.15, 0.2) is 0 Å². The SMILES string of the molecule is C[C@H](CCC(=O)NCC(=O)O)[C@H]1CCC2C3C(C[C@H](OS(=O)(=O)O)[C@@]21C)[C@@]1(C)CC[C@@H](O)C[C@H]1C[C@H]3O. The minimum atomic E-state index is -4.72. The number of nitrogens with one attached hydrogen (secondary N) is 1. The maximum absolute atomic E-state index is 12.1. The van der Waals surface area contributed by atoms with Crippen LogP contribution in [0.5, 0.6) is 0 Å². The van der Waals surface area contributed by atoms with Gasteiger partial charge in [0.05, 0.1) is 18.3 Å².